The van der Waals surface area contributed by atoms with Gasteiger partial charge in [-0.25, -0.2) is 0 Å². The Balaban J connectivity index is 1.96. The van der Waals surface area contributed by atoms with E-state index in [1.807, 2.05) is 39.0 Å². The van der Waals surface area contributed by atoms with Crippen LogP contribution in [-0.4, -0.2) is 28.6 Å². The number of amides is 1. The molecule has 0 saturated carbocycles. The first-order valence-electron chi connectivity index (χ1n) is 7.34. The van der Waals surface area contributed by atoms with Crippen LogP contribution in [0.2, 0.25) is 0 Å². The number of carbonyl (C=O) groups is 1. The number of hydrogen-bond donors (Lipinski definition) is 3. The number of ether oxygens (including phenoxy) is 1. The van der Waals surface area contributed by atoms with Gasteiger partial charge in [-0.15, -0.1) is 0 Å². The zero-order chi connectivity index (χ0) is 16.1. The Bertz CT molecular complexity index is 634. The van der Waals surface area contributed by atoms with Gasteiger partial charge < -0.3 is 20.1 Å². The molecule has 1 aromatic carbocycles. The summed E-state index contributed by atoms with van der Waals surface area (Å²) in [4.78, 5) is 15.0. The molecule has 0 aliphatic rings. The van der Waals surface area contributed by atoms with Crippen molar-refractivity contribution >= 4 is 5.91 Å². The van der Waals surface area contributed by atoms with E-state index >= 15 is 0 Å². The van der Waals surface area contributed by atoms with Crippen molar-refractivity contribution in [2.45, 2.75) is 33.0 Å². The minimum absolute atomic E-state index is 0.0728. The average molecular weight is 302 g/mol. The normalized spacial score (nSPS) is 12.2. The molecule has 0 fully saturated rings. The number of hydrogen-bond acceptors (Lipinski definition) is 3. The van der Waals surface area contributed by atoms with Gasteiger partial charge in [-0.3, -0.25) is 4.79 Å². The number of rotatable bonds is 6. The molecule has 2 aromatic rings. The highest BCUT2D eigenvalue weighted by Gasteiger charge is 2.13. The third kappa shape index (κ3) is 4.11. The van der Waals surface area contributed by atoms with E-state index in [1.165, 1.54) is 0 Å². The molecule has 5 nitrogen and oxygen atoms in total. The van der Waals surface area contributed by atoms with Crippen LogP contribution in [0.3, 0.4) is 0 Å². The minimum Gasteiger partial charge on any atom is -0.491 e. The van der Waals surface area contributed by atoms with E-state index < -0.39 is 6.10 Å². The molecular formula is C17H22N2O3. The molecule has 1 heterocycles. The summed E-state index contributed by atoms with van der Waals surface area (Å²) in [6.45, 7) is 5.87. The highest BCUT2D eigenvalue weighted by molar-refractivity contribution is 5.95. The third-order valence-corrected chi connectivity index (χ3v) is 3.27. The molecular weight excluding hydrogens is 280 g/mol. The van der Waals surface area contributed by atoms with Gasteiger partial charge in [0.05, 0.1) is 17.8 Å². The van der Waals surface area contributed by atoms with Crippen LogP contribution in [-0.2, 0) is 0 Å². The lowest BCUT2D eigenvalue weighted by Gasteiger charge is -2.15. The fourth-order valence-corrected chi connectivity index (χ4v) is 2.17. The van der Waals surface area contributed by atoms with E-state index in [1.54, 1.807) is 18.3 Å². The van der Waals surface area contributed by atoms with Crippen molar-refractivity contribution in [1.82, 2.24) is 10.3 Å². The zero-order valence-corrected chi connectivity index (χ0v) is 13.1. The molecule has 2 rings (SSSR count). The fourth-order valence-electron chi connectivity index (χ4n) is 2.17. The molecule has 0 aliphatic carbocycles. The molecule has 3 N–H and O–H groups in total. The van der Waals surface area contributed by atoms with Crippen molar-refractivity contribution in [3.05, 3.63) is 53.3 Å². The predicted molar refractivity (Wildman–Crippen MR) is 85.0 cm³/mol. The van der Waals surface area contributed by atoms with Crippen molar-refractivity contribution in [2.24, 2.45) is 0 Å². The van der Waals surface area contributed by atoms with Crippen LogP contribution in [0.15, 0.2) is 36.5 Å². The molecule has 1 unspecified atom stereocenters. The van der Waals surface area contributed by atoms with E-state index in [0.717, 1.165) is 5.69 Å². The lowest BCUT2D eigenvalue weighted by molar-refractivity contribution is 0.0915. The summed E-state index contributed by atoms with van der Waals surface area (Å²) in [7, 11) is 0. The molecule has 1 amide bonds. The standard InChI is InChI=1S/C17H22N2O3/c1-11(2)22-14-6-4-5-13(9-14)16(20)10-19-17(21)15-7-8-18-12(15)3/h4-9,11,16,18,20H,10H2,1-3H3,(H,19,21). The Hall–Kier alpha value is -2.27. The van der Waals surface area contributed by atoms with Crippen molar-refractivity contribution in [3.63, 3.8) is 0 Å². The summed E-state index contributed by atoms with van der Waals surface area (Å²) >= 11 is 0. The minimum atomic E-state index is -0.779. The molecule has 118 valence electrons. The molecule has 0 bridgehead atoms. The number of aryl methyl sites for hydroxylation is 1. The monoisotopic (exact) mass is 302 g/mol. The summed E-state index contributed by atoms with van der Waals surface area (Å²) in [6.07, 6.45) is 1.01. The highest BCUT2D eigenvalue weighted by Crippen LogP contribution is 2.20. The maximum absolute atomic E-state index is 12.0. The predicted octanol–water partition coefficient (Wildman–Crippen LogP) is 2.57. The second-order valence-electron chi connectivity index (χ2n) is 5.48. The van der Waals surface area contributed by atoms with Crippen LogP contribution in [0.5, 0.6) is 5.75 Å². The zero-order valence-electron chi connectivity index (χ0n) is 13.1. The van der Waals surface area contributed by atoms with Gasteiger partial charge in [0, 0.05) is 18.4 Å². The number of aromatic nitrogens is 1. The maximum atomic E-state index is 12.0. The largest absolute Gasteiger partial charge is 0.491 e. The van der Waals surface area contributed by atoms with E-state index in [-0.39, 0.29) is 18.6 Å². The Kier molecular flexibility index (Phi) is 5.22. The molecule has 22 heavy (non-hydrogen) atoms. The van der Waals surface area contributed by atoms with Gasteiger partial charge >= 0.3 is 0 Å². The molecule has 0 saturated heterocycles. The van der Waals surface area contributed by atoms with Crippen molar-refractivity contribution in [2.75, 3.05) is 6.54 Å². The Morgan fingerprint density at radius 1 is 1.36 bits per heavy atom. The van der Waals surface area contributed by atoms with E-state index in [9.17, 15) is 9.90 Å². The van der Waals surface area contributed by atoms with Crippen molar-refractivity contribution < 1.29 is 14.6 Å². The van der Waals surface area contributed by atoms with Crippen LogP contribution in [0.1, 0.15) is 41.6 Å². The number of aromatic amines is 1. The molecule has 0 radical (unpaired) electrons. The molecule has 1 aromatic heterocycles. The third-order valence-electron chi connectivity index (χ3n) is 3.27. The first kappa shape index (κ1) is 16.1. The number of aliphatic hydroxyl groups excluding tert-OH is 1. The van der Waals surface area contributed by atoms with Gasteiger partial charge in [-0.05, 0) is 44.5 Å². The summed E-state index contributed by atoms with van der Waals surface area (Å²) in [5.74, 6) is 0.506. The van der Waals surface area contributed by atoms with Gasteiger partial charge in [0.15, 0.2) is 0 Å². The van der Waals surface area contributed by atoms with E-state index in [4.69, 9.17) is 4.74 Å². The number of benzene rings is 1. The molecule has 0 spiro atoms. The number of H-pyrrole nitrogens is 1. The van der Waals surface area contributed by atoms with Crippen molar-refractivity contribution in [3.8, 4) is 5.75 Å². The smallest absolute Gasteiger partial charge is 0.253 e. The fraction of sp³-hybridized carbons (Fsp3) is 0.353. The Morgan fingerprint density at radius 3 is 2.77 bits per heavy atom. The van der Waals surface area contributed by atoms with E-state index in [0.29, 0.717) is 16.9 Å². The van der Waals surface area contributed by atoms with Crippen molar-refractivity contribution in [1.29, 1.82) is 0 Å². The Morgan fingerprint density at radius 2 is 2.14 bits per heavy atom. The summed E-state index contributed by atoms with van der Waals surface area (Å²) in [5, 5.41) is 13.0. The second kappa shape index (κ2) is 7.13. The maximum Gasteiger partial charge on any atom is 0.253 e. The van der Waals surface area contributed by atoms with Crippen LogP contribution in [0.25, 0.3) is 0 Å². The van der Waals surface area contributed by atoms with Gasteiger partial charge in [0.1, 0.15) is 5.75 Å². The number of carbonyl (C=O) groups excluding carboxylic acids is 1. The molecule has 5 heteroatoms. The average Bonchev–Trinajstić information content (AvgIpc) is 2.90. The first-order valence-corrected chi connectivity index (χ1v) is 7.34. The lowest BCUT2D eigenvalue weighted by Crippen LogP contribution is -2.28. The van der Waals surface area contributed by atoms with Gasteiger partial charge in [-0.2, -0.15) is 0 Å². The Labute approximate surface area is 130 Å². The first-order chi connectivity index (χ1) is 10.5. The van der Waals surface area contributed by atoms with Gasteiger partial charge in [0.2, 0.25) is 0 Å². The van der Waals surface area contributed by atoms with Crippen LogP contribution >= 0.6 is 0 Å². The number of nitrogens with one attached hydrogen (secondary N) is 2. The summed E-state index contributed by atoms with van der Waals surface area (Å²) < 4.78 is 5.60. The van der Waals surface area contributed by atoms with Crippen LogP contribution in [0, 0.1) is 6.92 Å². The van der Waals surface area contributed by atoms with Gasteiger partial charge in [0.25, 0.3) is 5.91 Å². The lowest BCUT2D eigenvalue weighted by atomic mass is 10.1. The quantitative estimate of drug-likeness (QED) is 0.768. The van der Waals surface area contributed by atoms with Gasteiger partial charge in [-0.1, -0.05) is 12.1 Å². The van der Waals surface area contributed by atoms with Crippen LogP contribution in [0.4, 0.5) is 0 Å². The second-order valence-corrected chi connectivity index (χ2v) is 5.48. The molecule has 1 atom stereocenters. The topological polar surface area (TPSA) is 74.4 Å². The highest BCUT2D eigenvalue weighted by atomic mass is 16.5. The summed E-state index contributed by atoms with van der Waals surface area (Å²) in [5.41, 5.74) is 2.10. The number of aliphatic hydroxyl groups is 1. The molecule has 0 aliphatic heterocycles. The van der Waals surface area contributed by atoms with Crippen LogP contribution < -0.4 is 10.1 Å². The van der Waals surface area contributed by atoms with E-state index in [2.05, 4.69) is 10.3 Å². The summed E-state index contributed by atoms with van der Waals surface area (Å²) in [6, 6.07) is 8.99. The SMILES string of the molecule is Cc1[nH]ccc1C(=O)NCC(O)c1cccc(OC(C)C)c1.